The lowest BCUT2D eigenvalue weighted by atomic mass is 10.0. The Morgan fingerprint density at radius 3 is 1.77 bits per heavy atom. The van der Waals surface area contributed by atoms with Gasteiger partial charge in [-0.15, -0.1) is 0 Å². The summed E-state index contributed by atoms with van der Waals surface area (Å²) < 4.78 is 5.28. The normalized spacial score (nSPS) is 10.9. The van der Waals surface area contributed by atoms with E-state index in [1.165, 1.54) is 5.56 Å². The lowest BCUT2D eigenvalue weighted by Gasteiger charge is -2.04. The van der Waals surface area contributed by atoms with E-state index in [-0.39, 0.29) is 0 Å². The van der Waals surface area contributed by atoms with E-state index in [1.54, 1.807) is 12.1 Å². The van der Waals surface area contributed by atoms with Gasteiger partial charge in [0, 0.05) is 21.9 Å². The summed E-state index contributed by atoms with van der Waals surface area (Å²) in [6.45, 7) is 0. The number of fused-ring (bicyclic) bond motifs is 6. The maximum atomic E-state index is 6.25. The van der Waals surface area contributed by atoms with Gasteiger partial charge in [-0.3, -0.25) is 8.80 Å². The zero-order valence-electron chi connectivity index (χ0n) is 22.9. The summed E-state index contributed by atoms with van der Waals surface area (Å²) >= 11 is 15.3. The summed E-state index contributed by atoms with van der Waals surface area (Å²) in [6.07, 6.45) is 4.90. The highest BCUT2D eigenvalue weighted by Crippen LogP contribution is 2.23. The molecule has 0 aliphatic heterocycles. The molecule has 8 aromatic rings. The smallest absolute Gasteiger partial charge is 0.137 e. The van der Waals surface area contributed by atoms with Gasteiger partial charge in [0.1, 0.15) is 11.3 Å². The maximum absolute atomic E-state index is 6.25. The number of imidazole rings is 2. The van der Waals surface area contributed by atoms with Crippen molar-refractivity contribution < 1.29 is 0 Å². The van der Waals surface area contributed by atoms with Crippen molar-refractivity contribution in [2.24, 2.45) is 0 Å². The van der Waals surface area contributed by atoms with Crippen LogP contribution in [0.25, 0.3) is 33.4 Å². The molecule has 0 saturated heterocycles. The van der Waals surface area contributed by atoms with Gasteiger partial charge in [-0.2, -0.15) is 0 Å². The van der Waals surface area contributed by atoms with E-state index in [4.69, 9.17) is 28.9 Å². The fourth-order valence-electron chi connectivity index (χ4n) is 4.79. The van der Waals surface area contributed by atoms with Crippen LogP contribution in [0.3, 0.4) is 0 Å². The topological polar surface area (TPSA) is 60.6 Å². The Balaban J connectivity index is 0.000000128. The van der Waals surface area contributed by atoms with E-state index in [0.717, 1.165) is 54.8 Å². The van der Waals surface area contributed by atoms with Crippen molar-refractivity contribution in [1.82, 2.24) is 18.8 Å². The molecule has 0 aliphatic carbocycles. The number of hydrogen-bond donors (Lipinski definition) is 1. The Morgan fingerprint density at radius 1 is 0.605 bits per heavy atom. The lowest BCUT2D eigenvalue weighted by Crippen LogP contribution is -1.90. The minimum Gasteiger partial charge on any atom is -0.398 e. The molecule has 0 saturated carbocycles. The first-order valence-corrected chi connectivity index (χ1v) is 15.1. The molecule has 43 heavy (non-hydrogen) atoms. The minimum absolute atomic E-state index is 0.618. The monoisotopic (exact) mass is 665 g/mol. The molecule has 0 spiro atoms. The third kappa shape index (κ3) is 6.52. The van der Waals surface area contributed by atoms with Gasteiger partial charge in [0.05, 0.1) is 32.8 Å². The third-order valence-corrected chi connectivity index (χ3v) is 8.11. The van der Waals surface area contributed by atoms with Crippen LogP contribution in [0.5, 0.6) is 0 Å². The van der Waals surface area contributed by atoms with Gasteiger partial charge in [0.2, 0.25) is 0 Å². The summed E-state index contributed by atoms with van der Waals surface area (Å²) in [6, 6.07) is 39.8. The Bertz CT molecular complexity index is 2170. The van der Waals surface area contributed by atoms with Crippen molar-refractivity contribution in [3.8, 4) is 0 Å². The molecule has 2 N–H and O–H groups in total. The number of nitrogens with two attached hydrogens (primary N) is 1. The zero-order chi connectivity index (χ0) is 29.8. The fourth-order valence-corrected chi connectivity index (χ4v) is 5.48. The molecular formula is C35H26BrCl2N5. The number of rotatable bonds is 2. The molecule has 4 heterocycles. The Labute approximate surface area is 267 Å². The van der Waals surface area contributed by atoms with E-state index >= 15 is 0 Å². The number of halogens is 3. The number of hydrogen-bond acceptors (Lipinski definition) is 3. The average molecular weight is 667 g/mol. The number of para-hydroxylation sites is 1. The minimum atomic E-state index is 0.618. The van der Waals surface area contributed by atoms with Crippen LogP contribution < -0.4 is 5.73 Å². The quantitative estimate of drug-likeness (QED) is 0.187. The summed E-state index contributed by atoms with van der Waals surface area (Å²) in [5.74, 6) is 0. The van der Waals surface area contributed by atoms with E-state index in [1.807, 2.05) is 91.3 Å². The standard InChI is InChI=1S/C18H13ClN2.C11H7BrN2.C6H6ClN/c19-15-6-2-1-5-14(15)11-13-8-9-16-17(12-13)21-10-4-3-7-18(21)20-16;12-8-4-5-9-10(7-8)14-6-2-1-3-11(14)13-9;7-5-3-1-2-4-6(5)8/h1-10,12H,11H2;1-7H;1-4H,8H2. The molecule has 0 amide bonds. The van der Waals surface area contributed by atoms with Crippen LogP contribution in [0.4, 0.5) is 5.69 Å². The number of pyridine rings is 2. The van der Waals surface area contributed by atoms with Crippen molar-refractivity contribution in [1.29, 1.82) is 0 Å². The molecule has 4 aromatic heterocycles. The zero-order valence-corrected chi connectivity index (χ0v) is 26.0. The second-order valence-corrected chi connectivity index (χ2v) is 11.6. The first-order valence-electron chi connectivity index (χ1n) is 13.6. The van der Waals surface area contributed by atoms with Gasteiger partial charge in [-0.05, 0) is 90.3 Å². The van der Waals surface area contributed by atoms with Crippen molar-refractivity contribution in [3.05, 3.63) is 159 Å². The Kier molecular flexibility index (Phi) is 8.61. The molecule has 8 rings (SSSR count). The van der Waals surface area contributed by atoms with Crippen molar-refractivity contribution in [2.45, 2.75) is 6.42 Å². The molecule has 0 unspecified atom stereocenters. The highest BCUT2D eigenvalue weighted by molar-refractivity contribution is 9.10. The predicted octanol–water partition coefficient (Wildman–Crippen LogP) is 9.90. The van der Waals surface area contributed by atoms with E-state index in [0.29, 0.717) is 10.7 Å². The predicted molar refractivity (Wildman–Crippen MR) is 183 cm³/mol. The molecule has 0 atom stereocenters. The van der Waals surface area contributed by atoms with Gasteiger partial charge in [0.15, 0.2) is 0 Å². The van der Waals surface area contributed by atoms with Crippen LogP contribution in [-0.2, 0) is 6.42 Å². The van der Waals surface area contributed by atoms with Gasteiger partial charge < -0.3 is 5.73 Å². The van der Waals surface area contributed by atoms with Crippen LogP contribution in [-0.4, -0.2) is 18.8 Å². The van der Waals surface area contributed by atoms with E-state index < -0.39 is 0 Å². The van der Waals surface area contributed by atoms with Gasteiger partial charge in [-0.25, -0.2) is 9.97 Å². The van der Waals surface area contributed by atoms with Crippen LogP contribution in [0.2, 0.25) is 10.0 Å². The number of aromatic nitrogens is 4. The average Bonchev–Trinajstić information content (AvgIpc) is 3.58. The van der Waals surface area contributed by atoms with Crippen LogP contribution in [0, 0.1) is 0 Å². The second-order valence-electron chi connectivity index (χ2n) is 9.83. The second kappa shape index (κ2) is 12.9. The SMILES string of the molecule is Brc1ccc2nc3ccccn3c2c1.Clc1ccccc1Cc1ccc2nc3ccccn3c2c1.Nc1ccccc1Cl. The number of benzene rings is 4. The highest BCUT2D eigenvalue weighted by Gasteiger charge is 2.07. The van der Waals surface area contributed by atoms with Crippen molar-refractivity contribution >= 4 is 78.2 Å². The lowest BCUT2D eigenvalue weighted by molar-refractivity contribution is 1.18. The summed E-state index contributed by atoms with van der Waals surface area (Å²) in [5, 5.41) is 1.43. The molecule has 0 aliphatic rings. The van der Waals surface area contributed by atoms with E-state index in [2.05, 4.69) is 65.0 Å². The van der Waals surface area contributed by atoms with Crippen LogP contribution in [0.1, 0.15) is 11.1 Å². The highest BCUT2D eigenvalue weighted by atomic mass is 79.9. The molecule has 5 nitrogen and oxygen atoms in total. The maximum Gasteiger partial charge on any atom is 0.137 e. The van der Waals surface area contributed by atoms with E-state index in [9.17, 15) is 0 Å². The Morgan fingerprint density at radius 2 is 1.16 bits per heavy atom. The molecule has 4 aromatic carbocycles. The molecule has 0 bridgehead atoms. The number of nitrogen functional groups attached to an aromatic ring is 1. The largest absolute Gasteiger partial charge is 0.398 e. The van der Waals surface area contributed by atoms with Crippen molar-refractivity contribution in [3.63, 3.8) is 0 Å². The fraction of sp³-hybridized carbons (Fsp3) is 0.0286. The number of nitrogens with zero attached hydrogens (tertiary/aromatic N) is 4. The molecule has 0 fully saturated rings. The molecular weight excluding hydrogens is 641 g/mol. The summed E-state index contributed by atoms with van der Waals surface area (Å²) in [5.41, 5.74) is 14.7. The summed E-state index contributed by atoms with van der Waals surface area (Å²) in [4.78, 5) is 9.12. The Hall–Kier alpha value is -4.36. The van der Waals surface area contributed by atoms with Crippen LogP contribution in [0.15, 0.2) is 138 Å². The summed E-state index contributed by atoms with van der Waals surface area (Å²) in [7, 11) is 0. The molecule has 212 valence electrons. The first-order chi connectivity index (χ1) is 21.0. The number of anilines is 1. The molecule has 8 heteroatoms. The van der Waals surface area contributed by atoms with Crippen molar-refractivity contribution in [2.75, 3.05) is 5.73 Å². The third-order valence-electron chi connectivity index (χ3n) is 6.90. The van der Waals surface area contributed by atoms with Gasteiger partial charge >= 0.3 is 0 Å². The molecule has 0 radical (unpaired) electrons. The van der Waals surface area contributed by atoms with Crippen LogP contribution >= 0.6 is 39.1 Å². The van der Waals surface area contributed by atoms with Gasteiger partial charge in [0.25, 0.3) is 0 Å². The first kappa shape index (κ1) is 28.7. The van der Waals surface area contributed by atoms with Gasteiger partial charge in [-0.1, -0.05) is 87.7 Å².